The first-order valence-electron chi connectivity index (χ1n) is 6.25. The van der Waals surface area contributed by atoms with E-state index in [2.05, 4.69) is 27.3 Å². The molecule has 1 N–H and O–H groups in total. The predicted octanol–water partition coefficient (Wildman–Crippen LogP) is 3.16. The van der Waals surface area contributed by atoms with Crippen molar-refractivity contribution in [1.29, 1.82) is 5.26 Å². The second-order valence-corrected chi connectivity index (χ2v) is 5.42. The fraction of sp³-hybridized carbons (Fsp3) is 0.462. The van der Waals surface area contributed by atoms with Crippen molar-refractivity contribution in [3.05, 3.63) is 32.5 Å². The zero-order chi connectivity index (χ0) is 16.0. The summed E-state index contributed by atoms with van der Waals surface area (Å²) in [5.41, 5.74) is -1.12. The van der Waals surface area contributed by atoms with Crippen LogP contribution in [0.15, 0.2) is 16.6 Å². The topological polar surface area (TPSA) is 88.2 Å². The molecule has 0 aliphatic heterocycles. The van der Waals surface area contributed by atoms with Crippen LogP contribution in [0.25, 0.3) is 0 Å². The van der Waals surface area contributed by atoms with Gasteiger partial charge in [-0.1, -0.05) is 6.92 Å². The minimum atomic E-state index is -0.794. The summed E-state index contributed by atoms with van der Waals surface area (Å²) < 4.78 is 18.7. The average molecular weight is 360 g/mol. The molecule has 1 atom stereocenters. The Morgan fingerprint density at radius 2 is 2.29 bits per heavy atom. The number of benzene rings is 1. The molecule has 0 spiro atoms. The maximum Gasteiger partial charge on any atom is 0.312 e. The zero-order valence-corrected chi connectivity index (χ0v) is 13.2. The molecular formula is C13H15BrFN3O3. The Labute approximate surface area is 130 Å². The Morgan fingerprint density at radius 3 is 2.81 bits per heavy atom. The Bertz CT molecular complexity index is 577. The summed E-state index contributed by atoms with van der Waals surface area (Å²) in [4.78, 5) is 10.3. The molecule has 1 aromatic carbocycles. The molecule has 0 saturated carbocycles. The molecule has 1 rings (SSSR count). The summed E-state index contributed by atoms with van der Waals surface area (Å²) in [6, 6.07) is 4.13. The van der Waals surface area contributed by atoms with Gasteiger partial charge in [0.05, 0.1) is 22.1 Å². The highest BCUT2D eigenvalue weighted by Crippen LogP contribution is 2.32. The number of nitrogens with zero attached hydrogens (tertiary/aromatic N) is 2. The third kappa shape index (κ3) is 4.65. The van der Waals surface area contributed by atoms with Crippen molar-refractivity contribution in [2.75, 3.05) is 13.2 Å². The van der Waals surface area contributed by atoms with Crippen LogP contribution in [-0.2, 0) is 0 Å². The van der Waals surface area contributed by atoms with Crippen molar-refractivity contribution in [1.82, 2.24) is 5.32 Å². The van der Waals surface area contributed by atoms with Crippen molar-refractivity contribution >= 4 is 21.6 Å². The number of nitrogens with one attached hydrogen (secondary N) is 1. The Hall–Kier alpha value is -1.72. The van der Waals surface area contributed by atoms with E-state index in [-0.39, 0.29) is 22.5 Å². The second-order valence-electron chi connectivity index (χ2n) is 4.56. The highest BCUT2D eigenvalue weighted by atomic mass is 79.9. The molecule has 21 heavy (non-hydrogen) atoms. The van der Waals surface area contributed by atoms with Crippen molar-refractivity contribution < 1.29 is 14.1 Å². The van der Waals surface area contributed by atoms with Crippen LogP contribution in [0.5, 0.6) is 5.75 Å². The van der Waals surface area contributed by atoms with Gasteiger partial charge in [-0.15, -0.1) is 0 Å². The molecule has 0 heterocycles. The van der Waals surface area contributed by atoms with Crippen LogP contribution in [0, 0.1) is 27.3 Å². The highest BCUT2D eigenvalue weighted by molar-refractivity contribution is 9.10. The Balaban J connectivity index is 2.82. The van der Waals surface area contributed by atoms with E-state index in [0.717, 1.165) is 12.1 Å². The molecule has 114 valence electrons. The van der Waals surface area contributed by atoms with E-state index >= 15 is 0 Å². The van der Waals surface area contributed by atoms with Crippen LogP contribution in [0.3, 0.4) is 0 Å². The van der Waals surface area contributed by atoms with Gasteiger partial charge in [0, 0.05) is 18.6 Å². The third-order valence-corrected chi connectivity index (χ3v) is 3.48. The minimum Gasteiger partial charge on any atom is -0.487 e. The van der Waals surface area contributed by atoms with Gasteiger partial charge in [0.1, 0.15) is 11.4 Å². The van der Waals surface area contributed by atoms with Gasteiger partial charge in [-0.3, -0.25) is 15.4 Å². The van der Waals surface area contributed by atoms with Crippen molar-refractivity contribution in [3.8, 4) is 11.8 Å². The lowest BCUT2D eigenvalue weighted by Gasteiger charge is -2.22. The number of ether oxygens (including phenoxy) is 1. The van der Waals surface area contributed by atoms with E-state index in [1.54, 1.807) is 6.92 Å². The Morgan fingerprint density at radius 1 is 1.62 bits per heavy atom. The summed E-state index contributed by atoms with van der Waals surface area (Å²) in [7, 11) is 0. The molecule has 0 aliphatic rings. The van der Waals surface area contributed by atoms with Gasteiger partial charge in [-0.25, -0.2) is 4.39 Å². The first-order chi connectivity index (χ1) is 9.83. The smallest absolute Gasteiger partial charge is 0.312 e. The SMILES string of the molecule is CCNC(C)(C#N)CCOc1cc(F)c(Br)cc1[N+](=O)[O-]. The molecule has 0 aliphatic carbocycles. The van der Waals surface area contributed by atoms with Gasteiger partial charge < -0.3 is 4.74 Å². The fourth-order valence-electron chi connectivity index (χ4n) is 1.72. The first kappa shape index (κ1) is 17.3. The predicted molar refractivity (Wildman–Crippen MR) is 78.6 cm³/mol. The number of nitriles is 1. The molecule has 0 fully saturated rings. The van der Waals surface area contributed by atoms with E-state index in [1.807, 2.05) is 6.92 Å². The number of hydrogen-bond acceptors (Lipinski definition) is 5. The molecule has 6 nitrogen and oxygen atoms in total. The zero-order valence-electron chi connectivity index (χ0n) is 11.7. The normalized spacial score (nSPS) is 13.3. The molecule has 0 saturated heterocycles. The lowest BCUT2D eigenvalue weighted by atomic mass is 10.0. The highest BCUT2D eigenvalue weighted by Gasteiger charge is 2.24. The van der Waals surface area contributed by atoms with Crippen LogP contribution in [0.1, 0.15) is 20.3 Å². The van der Waals surface area contributed by atoms with Crippen LogP contribution < -0.4 is 10.1 Å². The summed E-state index contributed by atoms with van der Waals surface area (Å²) in [5, 5.41) is 23.0. The summed E-state index contributed by atoms with van der Waals surface area (Å²) in [6.45, 7) is 4.23. The quantitative estimate of drug-likeness (QED) is 0.596. The number of nitro benzene ring substituents is 1. The van der Waals surface area contributed by atoms with Crippen LogP contribution in [0.4, 0.5) is 10.1 Å². The van der Waals surface area contributed by atoms with Crippen LogP contribution >= 0.6 is 15.9 Å². The van der Waals surface area contributed by atoms with E-state index in [1.165, 1.54) is 0 Å². The van der Waals surface area contributed by atoms with Gasteiger partial charge >= 0.3 is 5.69 Å². The molecule has 0 radical (unpaired) electrons. The molecule has 1 unspecified atom stereocenters. The summed E-state index contributed by atoms with van der Waals surface area (Å²) in [5.74, 6) is -0.803. The van der Waals surface area contributed by atoms with Gasteiger partial charge in [0.15, 0.2) is 5.75 Å². The molecule has 8 heteroatoms. The monoisotopic (exact) mass is 359 g/mol. The van der Waals surface area contributed by atoms with Crippen molar-refractivity contribution in [2.24, 2.45) is 0 Å². The maximum absolute atomic E-state index is 13.5. The molecule has 0 aromatic heterocycles. The van der Waals surface area contributed by atoms with Gasteiger partial charge in [0.25, 0.3) is 0 Å². The van der Waals surface area contributed by atoms with Crippen LogP contribution in [0.2, 0.25) is 0 Å². The molecular weight excluding hydrogens is 345 g/mol. The summed E-state index contributed by atoms with van der Waals surface area (Å²) >= 11 is 2.89. The lowest BCUT2D eigenvalue weighted by Crippen LogP contribution is -2.42. The first-order valence-corrected chi connectivity index (χ1v) is 7.05. The molecule has 0 amide bonds. The third-order valence-electron chi connectivity index (χ3n) is 2.87. The van der Waals surface area contributed by atoms with E-state index in [4.69, 9.17) is 10.00 Å². The number of nitro groups is 1. The Kier molecular flexibility index (Phi) is 6.05. The maximum atomic E-state index is 13.5. The minimum absolute atomic E-state index is 0.00365. The van der Waals surface area contributed by atoms with Crippen LogP contribution in [-0.4, -0.2) is 23.6 Å². The second kappa shape index (κ2) is 7.33. The number of hydrogen-bond donors (Lipinski definition) is 1. The fourth-order valence-corrected chi connectivity index (χ4v) is 2.05. The lowest BCUT2D eigenvalue weighted by molar-refractivity contribution is -0.386. The molecule has 1 aromatic rings. The van der Waals surface area contributed by atoms with Gasteiger partial charge in [-0.2, -0.15) is 5.26 Å². The van der Waals surface area contributed by atoms with Gasteiger partial charge in [-0.05, 0) is 29.4 Å². The van der Waals surface area contributed by atoms with E-state index in [0.29, 0.717) is 13.0 Å². The number of rotatable bonds is 7. The average Bonchev–Trinajstić information content (AvgIpc) is 2.42. The molecule has 0 bridgehead atoms. The largest absolute Gasteiger partial charge is 0.487 e. The van der Waals surface area contributed by atoms with E-state index in [9.17, 15) is 14.5 Å². The standard InChI is InChI=1S/C13H15BrFN3O3/c1-3-17-13(2,8-16)4-5-21-12-7-10(15)9(14)6-11(12)18(19)20/h6-7,17H,3-5H2,1-2H3. The van der Waals surface area contributed by atoms with Gasteiger partial charge in [0.2, 0.25) is 0 Å². The summed E-state index contributed by atoms with van der Waals surface area (Å²) in [6.07, 6.45) is 0.312. The van der Waals surface area contributed by atoms with Crippen molar-refractivity contribution in [3.63, 3.8) is 0 Å². The van der Waals surface area contributed by atoms with E-state index < -0.39 is 16.3 Å². The number of halogens is 2. The van der Waals surface area contributed by atoms with Crippen molar-refractivity contribution in [2.45, 2.75) is 25.8 Å².